The third-order valence-electron chi connectivity index (χ3n) is 15.2. The number of aliphatic hydroxyl groups is 3. The van der Waals surface area contributed by atoms with Gasteiger partial charge >= 0.3 is 0 Å². The zero-order valence-electron chi connectivity index (χ0n) is 26.8. The fraction of sp³-hybridized carbons (Fsp3) is 0.676. The number of ether oxygens (including phenoxy) is 3. The first kappa shape index (κ1) is 28.3. The van der Waals surface area contributed by atoms with Crippen LogP contribution in [0.5, 0.6) is 0 Å². The lowest BCUT2D eigenvalue weighted by Gasteiger charge is -2.66. The van der Waals surface area contributed by atoms with Crippen molar-refractivity contribution in [1.29, 1.82) is 0 Å². The van der Waals surface area contributed by atoms with Crippen molar-refractivity contribution >= 4 is 22.5 Å². The topological polar surface area (TPSA) is 107 Å². The zero-order chi connectivity index (χ0) is 31.6. The molecule has 1 unspecified atom stereocenters. The van der Waals surface area contributed by atoms with Gasteiger partial charge in [0, 0.05) is 55.8 Å². The third-order valence-corrected chi connectivity index (χ3v) is 15.5. The Morgan fingerprint density at radius 2 is 1.87 bits per heavy atom. The number of nitrogens with one attached hydrogen (secondary N) is 1. The van der Waals surface area contributed by atoms with E-state index < -0.39 is 51.5 Å². The van der Waals surface area contributed by atoms with Crippen molar-refractivity contribution in [1.82, 2.24) is 4.98 Å². The molecule has 1 aromatic carbocycles. The van der Waals surface area contributed by atoms with Crippen molar-refractivity contribution in [2.75, 3.05) is 0 Å². The lowest BCUT2D eigenvalue weighted by Crippen LogP contribution is -2.76. The van der Waals surface area contributed by atoms with Crippen LogP contribution in [0.25, 0.3) is 10.9 Å². The van der Waals surface area contributed by atoms with E-state index in [2.05, 4.69) is 45.8 Å². The molecule has 3 saturated carbocycles. The number of benzene rings is 1. The van der Waals surface area contributed by atoms with Crippen LogP contribution in [-0.2, 0) is 31.6 Å². The SMILES string of the molecule is C=C(C)[C@H]1O[C@H]2CC[C@@]3(C)[C@@](O)(CC[C@H]4[C@@H]5OC(C)(C)[C@H]6C[C@@H]7C(=C)Cc8c(Cl)cc9[nH]c(c5c9c8C76O)[C@@]43C)[C@@]23O[C@H]3[C@H]1O. The van der Waals surface area contributed by atoms with E-state index in [-0.39, 0.29) is 30.0 Å². The first-order chi connectivity index (χ1) is 21.1. The third kappa shape index (κ3) is 2.64. The maximum absolute atomic E-state index is 13.2. The normalized spacial score (nSPS) is 52.5. The number of fused-ring (bicyclic) bond motifs is 5. The number of hydrogen-bond acceptors (Lipinski definition) is 6. The van der Waals surface area contributed by atoms with Crippen LogP contribution in [0, 0.1) is 23.2 Å². The van der Waals surface area contributed by atoms with Crippen LogP contribution >= 0.6 is 11.6 Å². The predicted octanol–water partition coefficient (Wildman–Crippen LogP) is 5.66. The second kappa shape index (κ2) is 7.78. The van der Waals surface area contributed by atoms with E-state index in [1.807, 2.05) is 13.0 Å². The highest BCUT2D eigenvalue weighted by atomic mass is 35.5. The Balaban J connectivity index is 1.21. The maximum atomic E-state index is 13.2. The summed E-state index contributed by atoms with van der Waals surface area (Å²) in [5.74, 6) is -0.0241. The summed E-state index contributed by atoms with van der Waals surface area (Å²) in [6, 6.07) is 2.02. The number of hydrogen-bond donors (Lipinski definition) is 4. The van der Waals surface area contributed by atoms with Gasteiger partial charge in [0.25, 0.3) is 0 Å². The van der Waals surface area contributed by atoms with Crippen molar-refractivity contribution in [3.63, 3.8) is 0 Å². The molecule has 4 N–H and O–H groups in total. The molecule has 3 aliphatic heterocycles. The molecule has 0 amide bonds. The van der Waals surface area contributed by atoms with E-state index in [1.165, 1.54) is 0 Å². The first-order valence-electron chi connectivity index (χ1n) is 16.9. The Morgan fingerprint density at radius 3 is 2.60 bits per heavy atom. The summed E-state index contributed by atoms with van der Waals surface area (Å²) in [5, 5.41) is 39.1. The van der Waals surface area contributed by atoms with Gasteiger partial charge in [-0.25, -0.2) is 0 Å². The van der Waals surface area contributed by atoms with Crippen molar-refractivity contribution in [3.05, 3.63) is 57.8 Å². The predicted molar refractivity (Wildman–Crippen MR) is 169 cm³/mol. The van der Waals surface area contributed by atoms with E-state index >= 15 is 0 Å². The maximum Gasteiger partial charge on any atom is 0.153 e. The summed E-state index contributed by atoms with van der Waals surface area (Å²) in [6.45, 7) is 19.2. The molecule has 5 fully saturated rings. The molecule has 45 heavy (non-hydrogen) atoms. The lowest BCUT2D eigenvalue weighted by atomic mass is 9.40. The number of aliphatic hydroxyl groups excluding tert-OH is 1. The molecular weight excluding hydrogens is 590 g/mol. The molecule has 240 valence electrons. The highest BCUT2D eigenvalue weighted by molar-refractivity contribution is 6.32. The quantitative estimate of drug-likeness (QED) is 0.238. The summed E-state index contributed by atoms with van der Waals surface area (Å²) in [4.78, 5) is 3.87. The van der Waals surface area contributed by atoms with Crippen LogP contribution in [0.4, 0.5) is 0 Å². The summed E-state index contributed by atoms with van der Waals surface area (Å²) >= 11 is 7.06. The zero-order valence-corrected chi connectivity index (χ0v) is 27.6. The van der Waals surface area contributed by atoms with Crippen LogP contribution in [0.15, 0.2) is 30.4 Å². The Morgan fingerprint density at radius 1 is 1.11 bits per heavy atom. The second-order valence-electron chi connectivity index (χ2n) is 17.0. The van der Waals surface area contributed by atoms with E-state index in [4.69, 9.17) is 25.8 Å². The molecule has 4 heterocycles. The van der Waals surface area contributed by atoms with E-state index in [9.17, 15) is 15.3 Å². The molecule has 13 atom stereocenters. The summed E-state index contributed by atoms with van der Waals surface area (Å²) in [5.41, 5.74) is 1.86. The minimum Gasteiger partial charge on any atom is -0.387 e. The highest BCUT2D eigenvalue weighted by Crippen LogP contribution is 2.78. The lowest BCUT2D eigenvalue weighted by molar-refractivity contribution is -0.281. The molecule has 10 rings (SSSR count). The average molecular weight is 634 g/mol. The van der Waals surface area contributed by atoms with Crippen LogP contribution in [0.2, 0.25) is 5.02 Å². The van der Waals surface area contributed by atoms with Crippen LogP contribution < -0.4 is 0 Å². The van der Waals surface area contributed by atoms with Gasteiger partial charge < -0.3 is 34.5 Å². The molecular formula is C37H44ClNO6. The molecule has 0 bridgehead atoms. The Kier molecular flexibility index (Phi) is 4.89. The van der Waals surface area contributed by atoms with Gasteiger partial charge in [-0.05, 0) is 82.1 Å². The largest absolute Gasteiger partial charge is 0.387 e. The van der Waals surface area contributed by atoms with E-state index in [0.717, 1.165) is 63.7 Å². The van der Waals surface area contributed by atoms with Crippen molar-refractivity contribution in [2.45, 2.75) is 131 Å². The van der Waals surface area contributed by atoms with E-state index in [1.54, 1.807) is 0 Å². The Bertz CT molecular complexity index is 1800. The molecule has 8 aliphatic rings. The minimum absolute atomic E-state index is 0.0254. The summed E-state index contributed by atoms with van der Waals surface area (Å²) in [6.07, 6.45) is 1.83. The monoisotopic (exact) mass is 633 g/mol. The number of rotatable bonds is 1. The molecule has 1 aromatic heterocycles. The molecule has 7 nitrogen and oxygen atoms in total. The molecule has 2 saturated heterocycles. The number of halogens is 1. The smallest absolute Gasteiger partial charge is 0.153 e. The molecule has 1 spiro atoms. The molecule has 0 radical (unpaired) electrons. The van der Waals surface area contributed by atoms with Crippen LogP contribution in [0.3, 0.4) is 0 Å². The van der Waals surface area contributed by atoms with Gasteiger partial charge in [0.05, 0.1) is 17.8 Å². The minimum atomic E-state index is -1.24. The fourth-order valence-corrected chi connectivity index (χ4v) is 13.2. The summed E-state index contributed by atoms with van der Waals surface area (Å²) in [7, 11) is 0. The molecule has 8 heteroatoms. The van der Waals surface area contributed by atoms with Crippen molar-refractivity contribution < 1.29 is 29.5 Å². The number of H-pyrrole nitrogens is 1. The van der Waals surface area contributed by atoms with Gasteiger partial charge in [-0.2, -0.15) is 0 Å². The summed E-state index contributed by atoms with van der Waals surface area (Å²) < 4.78 is 20.4. The Labute approximate surface area is 269 Å². The van der Waals surface area contributed by atoms with Crippen molar-refractivity contribution in [3.8, 4) is 0 Å². The van der Waals surface area contributed by atoms with Gasteiger partial charge in [0.15, 0.2) is 5.60 Å². The van der Waals surface area contributed by atoms with Crippen molar-refractivity contribution in [2.24, 2.45) is 23.2 Å². The first-order valence-corrected chi connectivity index (χ1v) is 17.3. The fourth-order valence-electron chi connectivity index (χ4n) is 12.9. The second-order valence-corrected chi connectivity index (χ2v) is 17.4. The van der Waals surface area contributed by atoms with E-state index in [0.29, 0.717) is 24.3 Å². The average Bonchev–Trinajstić information content (AvgIpc) is 3.55. The Hall–Kier alpha value is -1.71. The van der Waals surface area contributed by atoms with Gasteiger partial charge in [-0.15, -0.1) is 0 Å². The number of aromatic nitrogens is 1. The highest BCUT2D eigenvalue weighted by Gasteiger charge is 2.87. The van der Waals surface area contributed by atoms with Crippen LogP contribution in [0.1, 0.15) is 95.2 Å². The standard InChI is InChI=1S/C37H44ClNO6/c1-15(2)28-27(40)31-37(45-31)23(43-28)9-10-33(6)34(7)18(8-11-35(33,37)41)29-25-24-21(39-30(25)34)14-20(38)17-12-16(3)19-13-22(32(4,5)44-29)36(19,42)26(17)24/h14,18-19,22-23,27-29,31,39-42H,1,3,8-13H2,2,4-7H3/t18-,19+,22+,23-,27-,28+,29-,31-,33+,34+,35-,36?,37+/m0/s1. The van der Waals surface area contributed by atoms with Gasteiger partial charge in [0.1, 0.15) is 29.5 Å². The van der Waals surface area contributed by atoms with Gasteiger partial charge in [-0.1, -0.05) is 44.2 Å². The van der Waals surface area contributed by atoms with Gasteiger partial charge in [0.2, 0.25) is 0 Å². The molecule has 5 aliphatic carbocycles. The number of aromatic amines is 1. The number of epoxide rings is 1. The van der Waals surface area contributed by atoms with Crippen LogP contribution in [-0.4, -0.2) is 61.5 Å². The molecule has 2 aromatic rings. The van der Waals surface area contributed by atoms with Gasteiger partial charge in [-0.3, -0.25) is 0 Å².